The molecule has 1 unspecified atom stereocenters. The van der Waals surface area contributed by atoms with Crippen molar-refractivity contribution in [3.8, 4) is 0 Å². The van der Waals surface area contributed by atoms with Crippen LogP contribution in [0.25, 0.3) is 0 Å². The van der Waals surface area contributed by atoms with Crippen LogP contribution >= 0.6 is 11.6 Å². The molecule has 1 heterocycles. The third-order valence-corrected chi connectivity index (χ3v) is 3.72. The molecule has 3 nitrogen and oxygen atoms in total. The van der Waals surface area contributed by atoms with Gasteiger partial charge in [0.2, 0.25) is 0 Å². The second-order valence-corrected chi connectivity index (χ2v) is 5.22. The van der Waals surface area contributed by atoms with Crippen molar-refractivity contribution in [2.45, 2.75) is 19.4 Å². The molecule has 1 aromatic heterocycles. The number of hydrogen-bond acceptors (Lipinski definition) is 2. The van der Waals surface area contributed by atoms with E-state index in [1.807, 2.05) is 56.3 Å². The molecule has 2 aromatic rings. The summed E-state index contributed by atoms with van der Waals surface area (Å²) in [6.07, 6.45) is 0. The van der Waals surface area contributed by atoms with Crippen LogP contribution in [0.15, 0.2) is 48.5 Å². The number of benzene rings is 1. The number of carbonyl (C=O) groups excluding carboxylic acids is 1. The van der Waals surface area contributed by atoms with Crippen LogP contribution in [0.5, 0.6) is 0 Å². The lowest BCUT2D eigenvalue weighted by atomic mass is 9.94. The fraction of sp³-hybridized carbons (Fsp3) is 0.250. The number of alkyl halides is 1. The van der Waals surface area contributed by atoms with E-state index < -0.39 is 5.54 Å². The number of amides is 1. The number of carbonyl (C=O) groups is 1. The lowest BCUT2D eigenvalue weighted by molar-refractivity contribution is 0.0908. The lowest BCUT2D eigenvalue weighted by Gasteiger charge is -2.29. The first-order chi connectivity index (χ1) is 9.55. The van der Waals surface area contributed by atoms with E-state index in [1.165, 1.54) is 0 Å². The van der Waals surface area contributed by atoms with Gasteiger partial charge < -0.3 is 5.32 Å². The van der Waals surface area contributed by atoms with Crippen LogP contribution in [-0.2, 0) is 5.54 Å². The highest BCUT2D eigenvalue weighted by Gasteiger charge is 2.28. The fourth-order valence-corrected chi connectivity index (χ4v) is 2.19. The zero-order chi connectivity index (χ0) is 14.6. The molecule has 0 aliphatic carbocycles. The number of halogens is 1. The van der Waals surface area contributed by atoms with Gasteiger partial charge in [-0.05, 0) is 31.5 Å². The molecular weight excluding hydrogens is 272 g/mol. The van der Waals surface area contributed by atoms with Gasteiger partial charge in [0.25, 0.3) is 5.91 Å². The number of aromatic nitrogens is 1. The molecule has 0 aliphatic heterocycles. The first-order valence-electron chi connectivity index (χ1n) is 6.43. The smallest absolute Gasteiger partial charge is 0.270 e. The van der Waals surface area contributed by atoms with Gasteiger partial charge in [-0.2, -0.15) is 0 Å². The van der Waals surface area contributed by atoms with Gasteiger partial charge in [-0.15, -0.1) is 11.6 Å². The predicted octanol–water partition coefficient (Wildman–Crippen LogP) is 3.27. The van der Waals surface area contributed by atoms with E-state index >= 15 is 0 Å². The van der Waals surface area contributed by atoms with Crippen molar-refractivity contribution in [1.29, 1.82) is 0 Å². The van der Waals surface area contributed by atoms with Gasteiger partial charge in [0, 0.05) is 11.6 Å². The monoisotopic (exact) mass is 288 g/mol. The summed E-state index contributed by atoms with van der Waals surface area (Å²) in [5.41, 5.74) is 1.56. The molecule has 0 aliphatic rings. The van der Waals surface area contributed by atoms with Gasteiger partial charge >= 0.3 is 0 Å². The fourth-order valence-electron chi connectivity index (χ4n) is 1.97. The summed E-state index contributed by atoms with van der Waals surface area (Å²) in [6.45, 7) is 3.76. The van der Waals surface area contributed by atoms with Crippen LogP contribution in [0.3, 0.4) is 0 Å². The topological polar surface area (TPSA) is 42.0 Å². The Hall–Kier alpha value is -1.87. The quantitative estimate of drug-likeness (QED) is 0.877. The number of hydrogen-bond donors (Lipinski definition) is 1. The van der Waals surface area contributed by atoms with Crippen molar-refractivity contribution in [3.63, 3.8) is 0 Å². The van der Waals surface area contributed by atoms with Crippen LogP contribution in [-0.4, -0.2) is 16.8 Å². The van der Waals surface area contributed by atoms with Gasteiger partial charge in [0.1, 0.15) is 5.69 Å². The summed E-state index contributed by atoms with van der Waals surface area (Å²) < 4.78 is 0. The standard InChI is InChI=1S/C16H17ClN2O/c1-12-7-6-10-14(18-12)15(20)19-16(2,11-17)13-8-4-3-5-9-13/h3-10H,11H2,1-2H3,(H,19,20). The van der Waals surface area contributed by atoms with Gasteiger partial charge in [-0.3, -0.25) is 4.79 Å². The molecule has 1 aromatic carbocycles. The minimum absolute atomic E-state index is 0.222. The first kappa shape index (κ1) is 14.5. The Morgan fingerprint density at radius 3 is 2.50 bits per heavy atom. The van der Waals surface area contributed by atoms with Crippen LogP contribution in [0.1, 0.15) is 28.7 Å². The SMILES string of the molecule is Cc1cccc(C(=O)NC(C)(CCl)c2ccccc2)n1. The van der Waals surface area contributed by atoms with Crippen molar-refractivity contribution in [3.05, 3.63) is 65.5 Å². The summed E-state index contributed by atoms with van der Waals surface area (Å²) in [4.78, 5) is 16.5. The molecule has 0 radical (unpaired) electrons. The normalized spacial score (nSPS) is 13.6. The third-order valence-electron chi connectivity index (χ3n) is 3.19. The average Bonchev–Trinajstić information content (AvgIpc) is 2.48. The zero-order valence-corrected chi connectivity index (χ0v) is 12.3. The molecular formula is C16H17ClN2O. The van der Waals surface area contributed by atoms with Gasteiger partial charge in [0.15, 0.2) is 0 Å². The van der Waals surface area contributed by atoms with Gasteiger partial charge in [0.05, 0.1) is 5.54 Å². The predicted molar refractivity (Wildman–Crippen MR) is 81.0 cm³/mol. The lowest BCUT2D eigenvalue weighted by Crippen LogP contribution is -2.45. The van der Waals surface area contributed by atoms with Crippen LogP contribution in [0, 0.1) is 6.92 Å². The van der Waals surface area contributed by atoms with Gasteiger partial charge in [-0.25, -0.2) is 4.98 Å². The molecule has 0 bridgehead atoms. The number of rotatable bonds is 4. The molecule has 2 rings (SSSR count). The molecule has 0 saturated carbocycles. The molecule has 0 spiro atoms. The zero-order valence-electron chi connectivity index (χ0n) is 11.6. The van der Waals surface area contributed by atoms with Crippen LogP contribution < -0.4 is 5.32 Å². The molecule has 1 amide bonds. The summed E-state index contributed by atoms with van der Waals surface area (Å²) in [5.74, 6) is 0.0647. The van der Waals surface area contributed by atoms with Gasteiger partial charge in [-0.1, -0.05) is 36.4 Å². The van der Waals surface area contributed by atoms with E-state index in [0.717, 1.165) is 11.3 Å². The van der Waals surface area contributed by atoms with Crippen molar-refractivity contribution in [2.24, 2.45) is 0 Å². The Kier molecular flexibility index (Phi) is 4.40. The Bertz CT molecular complexity index is 600. The largest absolute Gasteiger partial charge is 0.340 e. The van der Waals surface area contributed by atoms with Crippen molar-refractivity contribution < 1.29 is 4.79 Å². The van der Waals surface area contributed by atoms with E-state index in [4.69, 9.17) is 11.6 Å². The molecule has 20 heavy (non-hydrogen) atoms. The molecule has 1 atom stereocenters. The minimum atomic E-state index is -0.620. The average molecular weight is 289 g/mol. The molecule has 0 saturated heterocycles. The van der Waals surface area contributed by atoms with Crippen LogP contribution in [0.4, 0.5) is 0 Å². The molecule has 104 valence electrons. The first-order valence-corrected chi connectivity index (χ1v) is 6.96. The van der Waals surface area contributed by atoms with E-state index in [9.17, 15) is 4.79 Å². The van der Waals surface area contributed by atoms with Crippen molar-refractivity contribution in [1.82, 2.24) is 10.3 Å². The Labute approximate surface area is 124 Å². The summed E-state index contributed by atoms with van der Waals surface area (Å²) in [6, 6.07) is 15.1. The molecule has 0 fully saturated rings. The maximum Gasteiger partial charge on any atom is 0.270 e. The Morgan fingerprint density at radius 1 is 1.20 bits per heavy atom. The highest BCUT2D eigenvalue weighted by atomic mass is 35.5. The second-order valence-electron chi connectivity index (χ2n) is 4.95. The molecule has 1 N–H and O–H groups in total. The Morgan fingerprint density at radius 2 is 1.90 bits per heavy atom. The highest BCUT2D eigenvalue weighted by Crippen LogP contribution is 2.22. The Balaban J connectivity index is 2.24. The maximum absolute atomic E-state index is 12.3. The van der Waals surface area contributed by atoms with Crippen LogP contribution in [0.2, 0.25) is 0 Å². The molecule has 4 heteroatoms. The number of nitrogens with one attached hydrogen (secondary N) is 1. The highest BCUT2D eigenvalue weighted by molar-refractivity contribution is 6.18. The maximum atomic E-state index is 12.3. The van der Waals surface area contributed by atoms with Crippen molar-refractivity contribution >= 4 is 17.5 Å². The van der Waals surface area contributed by atoms with E-state index in [0.29, 0.717) is 5.69 Å². The van der Waals surface area contributed by atoms with Crippen molar-refractivity contribution in [2.75, 3.05) is 5.88 Å². The number of aryl methyl sites for hydroxylation is 1. The summed E-state index contributed by atoms with van der Waals surface area (Å²) in [7, 11) is 0. The summed E-state index contributed by atoms with van der Waals surface area (Å²) in [5, 5.41) is 2.97. The summed E-state index contributed by atoms with van der Waals surface area (Å²) >= 11 is 6.07. The van der Waals surface area contributed by atoms with E-state index in [-0.39, 0.29) is 11.8 Å². The third kappa shape index (κ3) is 3.17. The van der Waals surface area contributed by atoms with E-state index in [1.54, 1.807) is 6.07 Å². The van der Waals surface area contributed by atoms with E-state index in [2.05, 4.69) is 10.3 Å². The number of pyridine rings is 1. The number of nitrogens with zero attached hydrogens (tertiary/aromatic N) is 1. The minimum Gasteiger partial charge on any atom is -0.340 e. The second kappa shape index (κ2) is 6.06.